The highest BCUT2D eigenvalue weighted by molar-refractivity contribution is 5.37. The predicted octanol–water partition coefficient (Wildman–Crippen LogP) is 4.08. The molecule has 0 aromatic heterocycles. The Kier molecular flexibility index (Phi) is 3.43. The molecular formula is C14H22O. The lowest BCUT2D eigenvalue weighted by Crippen LogP contribution is -2.12. The van der Waals surface area contributed by atoms with Gasteiger partial charge in [-0.05, 0) is 49.4 Å². The fourth-order valence-electron chi connectivity index (χ4n) is 1.52. The molecule has 0 unspecified atom stereocenters. The monoisotopic (exact) mass is 206 g/mol. The van der Waals surface area contributed by atoms with Gasteiger partial charge < -0.3 is 4.74 Å². The van der Waals surface area contributed by atoms with Crippen LogP contribution < -0.4 is 4.74 Å². The van der Waals surface area contributed by atoms with Crippen LogP contribution in [0.2, 0.25) is 0 Å². The van der Waals surface area contributed by atoms with E-state index in [0.717, 1.165) is 5.75 Å². The molecule has 0 amide bonds. The van der Waals surface area contributed by atoms with E-state index in [1.807, 2.05) is 0 Å². The van der Waals surface area contributed by atoms with E-state index >= 15 is 0 Å². The first-order valence-corrected chi connectivity index (χ1v) is 5.58. The summed E-state index contributed by atoms with van der Waals surface area (Å²) in [4.78, 5) is 0. The van der Waals surface area contributed by atoms with Gasteiger partial charge in [0.2, 0.25) is 0 Å². The first-order chi connectivity index (χ1) is 6.79. The van der Waals surface area contributed by atoms with Crippen molar-refractivity contribution in [1.82, 2.24) is 0 Å². The Morgan fingerprint density at radius 3 is 2.13 bits per heavy atom. The van der Waals surface area contributed by atoms with Gasteiger partial charge in [0.15, 0.2) is 0 Å². The van der Waals surface area contributed by atoms with E-state index < -0.39 is 0 Å². The van der Waals surface area contributed by atoms with Crippen molar-refractivity contribution in [3.05, 3.63) is 29.3 Å². The van der Waals surface area contributed by atoms with Gasteiger partial charge in [-0.15, -0.1) is 0 Å². The number of aryl methyl sites for hydroxylation is 1. The third-order valence-corrected chi connectivity index (χ3v) is 2.29. The van der Waals surface area contributed by atoms with Crippen LogP contribution in [0.4, 0.5) is 0 Å². The standard InChI is InChI=1S/C14H22O/c1-10(2)15-13-8-11(3)7-12(9-13)14(4,5)6/h7-10H,1-6H3. The molecule has 0 spiro atoms. The first-order valence-electron chi connectivity index (χ1n) is 5.58. The van der Waals surface area contributed by atoms with Crippen LogP contribution in [-0.4, -0.2) is 6.10 Å². The van der Waals surface area contributed by atoms with E-state index in [4.69, 9.17) is 4.74 Å². The molecule has 0 bridgehead atoms. The van der Waals surface area contributed by atoms with Gasteiger partial charge in [-0.1, -0.05) is 26.8 Å². The SMILES string of the molecule is Cc1cc(OC(C)C)cc(C(C)(C)C)c1. The van der Waals surface area contributed by atoms with E-state index in [2.05, 4.69) is 59.7 Å². The molecule has 0 saturated heterocycles. The molecule has 0 N–H and O–H groups in total. The molecule has 0 aliphatic rings. The summed E-state index contributed by atoms with van der Waals surface area (Å²) < 4.78 is 5.73. The molecule has 1 aromatic carbocycles. The maximum Gasteiger partial charge on any atom is 0.120 e. The molecule has 1 aromatic rings. The second-order valence-electron chi connectivity index (χ2n) is 5.45. The van der Waals surface area contributed by atoms with E-state index in [9.17, 15) is 0 Å². The molecule has 1 heteroatoms. The van der Waals surface area contributed by atoms with Gasteiger partial charge in [-0.25, -0.2) is 0 Å². The normalized spacial score (nSPS) is 11.9. The van der Waals surface area contributed by atoms with Gasteiger partial charge in [-0.3, -0.25) is 0 Å². The van der Waals surface area contributed by atoms with Crippen molar-refractivity contribution in [2.45, 2.75) is 53.1 Å². The van der Waals surface area contributed by atoms with Gasteiger partial charge >= 0.3 is 0 Å². The molecular weight excluding hydrogens is 184 g/mol. The fraction of sp³-hybridized carbons (Fsp3) is 0.571. The molecule has 15 heavy (non-hydrogen) atoms. The molecule has 1 nitrogen and oxygen atoms in total. The molecule has 0 heterocycles. The minimum Gasteiger partial charge on any atom is -0.491 e. The maximum atomic E-state index is 5.73. The smallest absolute Gasteiger partial charge is 0.120 e. The van der Waals surface area contributed by atoms with Crippen molar-refractivity contribution in [3.8, 4) is 5.75 Å². The summed E-state index contributed by atoms with van der Waals surface area (Å²) in [5.74, 6) is 0.981. The fourth-order valence-corrected chi connectivity index (χ4v) is 1.52. The molecule has 0 aliphatic carbocycles. The lowest BCUT2D eigenvalue weighted by molar-refractivity contribution is 0.241. The third kappa shape index (κ3) is 3.58. The van der Waals surface area contributed by atoms with Crippen LogP contribution in [0.15, 0.2) is 18.2 Å². The molecule has 0 fully saturated rings. The zero-order valence-electron chi connectivity index (χ0n) is 10.7. The highest BCUT2D eigenvalue weighted by Crippen LogP contribution is 2.27. The van der Waals surface area contributed by atoms with Gasteiger partial charge in [0.05, 0.1) is 6.10 Å². The van der Waals surface area contributed by atoms with Crippen LogP contribution in [-0.2, 0) is 5.41 Å². The highest BCUT2D eigenvalue weighted by Gasteiger charge is 2.15. The highest BCUT2D eigenvalue weighted by atomic mass is 16.5. The Hall–Kier alpha value is -0.980. The average molecular weight is 206 g/mol. The van der Waals surface area contributed by atoms with Gasteiger partial charge in [0.1, 0.15) is 5.75 Å². The molecule has 0 atom stereocenters. The minimum absolute atomic E-state index is 0.182. The average Bonchev–Trinajstić information content (AvgIpc) is 1.99. The first kappa shape index (κ1) is 12.1. The van der Waals surface area contributed by atoms with E-state index in [1.165, 1.54) is 11.1 Å². The summed E-state index contributed by atoms with van der Waals surface area (Å²) in [6.45, 7) is 12.9. The summed E-state index contributed by atoms with van der Waals surface area (Å²) in [6, 6.07) is 6.47. The summed E-state index contributed by atoms with van der Waals surface area (Å²) in [5, 5.41) is 0. The van der Waals surface area contributed by atoms with Crippen LogP contribution in [0.3, 0.4) is 0 Å². The van der Waals surface area contributed by atoms with Crippen molar-refractivity contribution in [1.29, 1.82) is 0 Å². The number of ether oxygens (including phenoxy) is 1. The minimum atomic E-state index is 0.182. The Labute approximate surface area is 93.5 Å². The number of hydrogen-bond acceptors (Lipinski definition) is 1. The maximum absolute atomic E-state index is 5.73. The Bertz CT molecular complexity index is 332. The van der Waals surface area contributed by atoms with Crippen LogP contribution >= 0.6 is 0 Å². The van der Waals surface area contributed by atoms with Crippen LogP contribution in [0, 0.1) is 6.92 Å². The van der Waals surface area contributed by atoms with Crippen LogP contribution in [0.1, 0.15) is 45.7 Å². The van der Waals surface area contributed by atoms with Crippen LogP contribution in [0.25, 0.3) is 0 Å². The number of rotatable bonds is 2. The van der Waals surface area contributed by atoms with E-state index in [-0.39, 0.29) is 11.5 Å². The van der Waals surface area contributed by atoms with Crippen molar-refractivity contribution >= 4 is 0 Å². The Morgan fingerprint density at radius 1 is 1.07 bits per heavy atom. The van der Waals surface area contributed by atoms with E-state index in [0.29, 0.717) is 0 Å². The molecule has 1 rings (SSSR count). The summed E-state index contributed by atoms with van der Waals surface area (Å²) in [7, 11) is 0. The zero-order chi connectivity index (χ0) is 11.6. The van der Waals surface area contributed by atoms with E-state index in [1.54, 1.807) is 0 Å². The second kappa shape index (κ2) is 4.26. The van der Waals surface area contributed by atoms with Crippen LogP contribution in [0.5, 0.6) is 5.75 Å². The topological polar surface area (TPSA) is 9.23 Å². The largest absolute Gasteiger partial charge is 0.491 e. The van der Waals surface area contributed by atoms with Crippen molar-refractivity contribution in [2.24, 2.45) is 0 Å². The quantitative estimate of drug-likeness (QED) is 0.708. The van der Waals surface area contributed by atoms with Crippen molar-refractivity contribution in [3.63, 3.8) is 0 Å². The second-order valence-corrected chi connectivity index (χ2v) is 5.45. The van der Waals surface area contributed by atoms with Gasteiger partial charge in [-0.2, -0.15) is 0 Å². The molecule has 84 valence electrons. The molecule has 0 radical (unpaired) electrons. The molecule has 0 saturated carbocycles. The van der Waals surface area contributed by atoms with Gasteiger partial charge in [0.25, 0.3) is 0 Å². The molecule has 0 aliphatic heterocycles. The number of hydrogen-bond donors (Lipinski definition) is 0. The lowest BCUT2D eigenvalue weighted by atomic mass is 9.86. The van der Waals surface area contributed by atoms with Crippen molar-refractivity contribution in [2.75, 3.05) is 0 Å². The summed E-state index contributed by atoms with van der Waals surface area (Å²) in [5.41, 5.74) is 2.78. The summed E-state index contributed by atoms with van der Waals surface area (Å²) in [6.07, 6.45) is 0.236. The van der Waals surface area contributed by atoms with Crippen molar-refractivity contribution < 1.29 is 4.74 Å². The van der Waals surface area contributed by atoms with Gasteiger partial charge in [0, 0.05) is 0 Å². The number of benzene rings is 1. The Balaban J connectivity index is 3.06. The lowest BCUT2D eigenvalue weighted by Gasteiger charge is -2.21. The Morgan fingerprint density at radius 2 is 1.67 bits per heavy atom. The predicted molar refractivity (Wildman–Crippen MR) is 65.6 cm³/mol. The third-order valence-electron chi connectivity index (χ3n) is 2.29. The zero-order valence-corrected chi connectivity index (χ0v) is 10.7. The summed E-state index contributed by atoms with van der Waals surface area (Å²) >= 11 is 0.